The summed E-state index contributed by atoms with van der Waals surface area (Å²) >= 11 is 0. The molecular weight excluding hydrogens is 410 g/mol. The highest BCUT2D eigenvalue weighted by molar-refractivity contribution is 6.09. The Morgan fingerprint density at radius 3 is 2.47 bits per heavy atom. The summed E-state index contributed by atoms with van der Waals surface area (Å²) in [5, 5.41) is 14.9. The zero-order valence-corrected chi connectivity index (χ0v) is 18.4. The quantitative estimate of drug-likeness (QED) is 0.240. The first-order valence-electron chi connectivity index (χ1n) is 10.2. The van der Waals surface area contributed by atoms with Crippen LogP contribution in [0.3, 0.4) is 0 Å². The van der Waals surface area contributed by atoms with Crippen LogP contribution in [0.15, 0.2) is 54.2 Å². The van der Waals surface area contributed by atoms with Gasteiger partial charge >= 0.3 is 5.97 Å². The first kappa shape index (κ1) is 24.3. The van der Waals surface area contributed by atoms with Crippen LogP contribution in [0, 0.1) is 11.3 Å². The molecule has 2 aromatic rings. The number of amides is 1. The molecule has 0 fully saturated rings. The molecule has 2 rings (SSSR count). The number of benzene rings is 2. The van der Waals surface area contributed by atoms with Gasteiger partial charge in [-0.25, -0.2) is 4.79 Å². The van der Waals surface area contributed by atoms with E-state index in [9.17, 15) is 14.9 Å². The maximum Gasteiger partial charge on any atom is 0.339 e. The number of anilines is 1. The molecule has 0 aliphatic heterocycles. The number of nitrogens with one attached hydrogen (secondary N) is 2. The van der Waals surface area contributed by atoms with E-state index >= 15 is 0 Å². The van der Waals surface area contributed by atoms with Gasteiger partial charge in [-0.1, -0.05) is 18.2 Å². The van der Waals surface area contributed by atoms with Crippen molar-refractivity contribution in [3.63, 3.8) is 0 Å². The van der Waals surface area contributed by atoms with E-state index in [1.54, 1.807) is 18.2 Å². The minimum absolute atomic E-state index is 0.119. The van der Waals surface area contributed by atoms with Gasteiger partial charge in [0, 0.05) is 12.7 Å². The summed E-state index contributed by atoms with van der Waals surface area (Å²) in [6, 6.07) is 14.0. The number of esters is 1. The molecule has 0 spiro atoms. The van der Waals surface area contributed by atoms with Crippen molar-refractivity contribution >= 4 is 17.6 Å². The second kappa shape index (κ2) is 12.6. The summed E-state index contributed by atoms with van der Waals surface area (Å²) in [5.41, 5.74) is 1.37. The Hall–Kier alpha value is -3.99. The van der Waals surface area contributed by atoms with E-state index in [0.29, 0.717) is 37.7 Å². The monoisotopic (exact) mass is 437 g/mol. The van der Waals surface area contributed by atoms with Gasteiger partial charge in [-0.2, -0.15) is 5.26 Å². The van der Waals surface area contributed by atoms with Crippen LogP contribution in [-0.2, 0) is 16.0 Å². The maximum absolute atomic E-state index is 12.5. The van der Waals surface area contributed by atoms with Crippen LogP contribution in [0.5, 0.6) is 11.5 Å². The van der Waals surface area contributed by atoms with E-state index in [-0.39, 0.29) is 16.8 Å². The number of methoxy groups -OCH3 is 1. The third-order valence-electron chi connectivity index (χ3n) is 4.36. The zero-order chi connectivity index (χ0) is 23.3. The third kappa shape index (κ3) is 6.77. The van der Waals surface area contributed by atoms with Gasteiger partial charge in [0.05, 0.1) is 31.6 Å². The predicted octanol–water partition coefficient (Wildman–Crippen LogP) is 3.45. The van der Waals surface area contributed by atoms with Gasteiger partial charge in [0.1, 0.15) is 11.6 Å². The number of ether oxygens (including phenoxy) is 3. The van der Waals surface area contributed by atoms with E-state index in [0.717, 1.165) is 5.56 Å². The molecule has 0 aromatic heterocycles. The van der Waals surface area contributed by atoms with E-state index < -0.39 is 11.9 Å². The standard InChI is InChI=1S/C24H27N3O5/c1-4-31-21-11-10-17(14-22(21)32-5-2)12-13-26-16-18(15-25)23(28)27-20-9-7-6-8-19(20)24(29)30-3/h6-11,14,16,26H,4-5,12-13H2,1-3H3,(H,27,28)/b18-16-. The molecule has 0 aliphatic rings. The number of rotatable bonds is 11. The van der Waals surface area contributed by atoms with E-state index in [1.807, 2.05) is 38.1 Å². The number of nitriles is 1. The van der Waals surface area contributed by atoms with Crippen molar-refractivity contribution in [2.24, 2.45) is 0 Å². The molecule has 0 heterocycles. The minimum Gasteiger partial charge on any atom is -0.490 e. The highest BCUT2D eigenvalue weighted by atomic mass is 16.5. The zero-order valence-electron chi connectivity index (χ0n) is 18.4. The van der Waals surface area contributed by atoms with Crippen LogP contribution in [0.1, 0.15) is 29.8 Å². The summed E-state index contributed by atoms with van der Waals surface area (Å²) in [4.78, 5) is 24.3. The molecule has 8 nitrogen and oxygen atoms in total. The Labute approximate surface area is 187 Å². The smallest absolute Gasteiger partial charge is 0.339 e. The molecular formula is C24H27N3O5. The molecule has 168 valence electrons. The van der Waals surface area contributed by atoms with Crippen molar-refractivity contribution in [3.05, 3.63) is 65.4 Å². The van der Waals surface area contributed by atoms with Crippen LogP contribution < -0.4 is 20.1 Å². The summed E-state index contributed by atoms with van der Waals surface area (Å²) in [6.45, 7) is 5.40. The van der Waals surface area contributed by atoms with Gasteiger partial charge < -0.3 is 24.8 Å². The lowest BCUT2D eigenvalue weighted by molar-refractivity contribution is -0.112. The first-order chi connectivity index (χ1) is 15.5. The molecule has 0 unspecified atom stereocenters. The first-order valence-corrected chi connectivity index (χ1v) is 10.2. The third-order valence-corrected chi connectivity index (χ3v) is 4.36. The molecule has 0 bridgehead atoms. The van der Waals surface area contributed by atoms with Crippen LogP contribution in [0.25, 0.3) is 0 Å². The Balaban J connectivity index is 1.99. The lowest BCUT2D eigenvalue weighted by Crippen LogP contribution is -2.19. The summed E-state index contributed by atoms with van der Waals surface area (Å²) in [6.07, 6.45) is 2.00. The predicted molar refractivity (Wildman–Crippen MR) is 121 cm³/mol. The second-order valence-electron chi connectivity index (χ2n) is 6.51. The average molecular weight is 437 g/mol. The number of hydrogen-bond acceptors (Lipinski definition) is 7. The molecule has 1 amide bonds. The molecule has 0 atom stereocenters. The van der Waals surface area contributed by atoms with Crippen molar-refractivity contribution in [1.29, 1.82) is 5.26 Å². The van der Waals surface area contributed by atoms with Crippen LogP contribution >= 0.6 is 0 Å². The number of para-hydroxylation sites is 1. The van der Waals surface area contributed by atoms with E-state index in [1.165, 1.54) is 19.4 Å². The Kier molecular flexibility index (Phi) is 9.60. The lowest BCUT2D eigenvalue weighted by Gasteiger charge is -2.12. The van der Waals surface area contributed by atoms with Gasteiger partial charge in [-0.15, -0.1) is 0 Å². The van der Waals surface area contributed by atoms with Gasteiger partial charge in [0.25, 0.3) is 5.91 Å². The van der Waals surface area contributed by atoms with Crippen LogP contribution in [0.4, 0.5) is 5.69 Å². The summed E-state index contributed by atoms with van der Waals surface area (Å²) in [7, 11) is 1.26. The largest absolute Gasteiger partial charge is 0.490 e. The Morgan fingerprint density at radius 2 is 1.78 bits per heavy atom. The lowest BCUT2D eigenvalue weighted by atomic mass is 10.1. The second-order valence-corrected chi connectivity index (χ2v) is 6.51. The minimum atomic E-state index is -0.629. The van der Waals surface area contributed by atoms with Crippen molar-refractivity contribution < 1.29 is 23.8 Å². The van der Waals surface area contributed by atoms with Gasteiger partial charge in [0.15, 0.2) is 11.5 Å². The van der Waals surface area contributed by atoms with Crippen molar-refractivity contribution in [2.45, 2.75) is 20.3 Å². The average Bonchev–Trinajstić information content (AvgIpc) is 2.80. The fourth-order valence-electron chi connectivity index (χ4n) is 2.86. The van der Waals surface area contributed by atoms with Crippen LogP contribution in [0.2, 0.25) is 0 Å². The normalized spacial score (nSPS) is 10.6. The molecule has 0 aliphatic carbocycles. The molecule has 0 saturated carbocycles. The number of nitrogens with zero attached hydrogens (tertiary/aromatic N) is 1. The maximum atomic E-state index is 12.5. The van der Waals surface area contributed by atoms with Crippen molar-refractivity contribution in [1.82, 2.24) is 5.32 Å². The molecule has 2 aromatic carbocycles. The Bertz CT molecular complexity index is 1010. The highest BCUT2D eigenvalue weighted by Gasteiger charge is 2.15. The molecule has 0 saturated heterocycles. The van der Waals surface area contributed by atoms with E-state index in [2.05, 4.69) is 10.6 Å². The fraction of sp³-hybridized carbons (Fsp3) is 0.292. The highest BCUT2D eigenvalue weighted by Crippen LogP contribution is 2.28. The van der Waals surface area contributed by atoms with Gasteiger partial charge in [-0.3, -0.25) is 4.79 Å². The topological polar surface area (TPSA) is 110 Å². The van der Waals surface area contributed by atoms with Gasteiger partial charge in [0.2, 0.25) is 0 Å². The van der Waals surface area contributed by atoms with E-state index in [4.69, 9.17) is 14.2 Å². The SMILES string of the molecule is CCOc1ccc(CCN/C=C(/C#N)C(=O)Nc2ccccc2C(=O)OC)cc1OCC. The summed E-state index contributed by atoms with van der Waals surface area (Å²) < 4.78 is 15.9. The van der Waals surface area contributed by atoms with Crippen molar-refractivity contribution in [3.8, 4) is 17.6 Å². The van der Waals surface area contributed by atoms with Gasteiger partial charge in [-0.05, 0) is 50.1 Å². The fourth-order valence-corrected chi connectivity index (χ4v) is 2.86. The number of hydrogen-bond donors (Lipinski definition) is 2. The summed E-state index contributed by atoms with van der Waals surface area (Å²) in [5.74, 6) is 0.171. The number of carbonyl (C=O) groups excluding carboxylic acids is 2. The molecule has 2 N–H and O–H groups in total. The molecule has 0 radical (unpaired) electrons. The van der Waals surface area contributed by atoms with Crippen molar-refractivity contribution in [2.75, 3.05) is 32.2 Å². The molecule has 32 heavy (non-hydrogen) atoms. The Morgan fingerprint density at radius 1 is 1.06 bits per heavy atom. The van der Waals surface area contributed by atoms with Crippen LogP contribution in [-0.4, -0.2) is 38.7 Å². The number of carbonyl (C=O) groups is 2. The molecule has 8 heteroatoms.